The quantitative estimate of drug-likeness (QED) is 0.625. The Hall–Kier alpha value is -1.68. The lowest BCUT2D eigenvalue weighted by Crippen LogP contribution is -1.90. The van der Waals surface area contributed by atoms with Crippen LogP contribution in [-0.4, -0.2) is 6.29 Å². The molecule has 1 aromatic heterocycles. The fourth-order valence-electron chi connectivity index (χ4n) is 1.29. The van der Waals surface area contributed by atoms with Crippen molar-refractivity contribution in [3.05, 3.63) is 40.3 Å². The highest BCUT2D eigenvalue weighted by Crippen LogP contribution is 2.27. The number of rotatable bonds is 2. The molecule has 0 atom stereocenters. The zero-order chi connectivity index (χ0) is 10.8. The number of hydrogen-bond acceptors (Lipinski definition) is 3. The van der Waals surface area contributed by atoms with Crippen molar-refractivity contribution in [2.24, 2.45) is 0 Å². The fourth-order valence-corrected chi connectivity index (χ4v) is 2.01. The molecule has 0 aliphatic rings. The SMILES string of the molecule is Nc1cc(-c2csc(C=O)c2)ccc1F. The van der Waals surface area contributed by atoms with E-state index < -0.39 is 5.82 Å². The van der Waals surface area contributed by atoms with Crippen LogP contribution in [0.3, 0.4) is 0 Å². The standard InChI is InChI=1S/C11H8FNOS/c12-10-2-1-7(4-11(10)13)8-3-9(5-14)15-6-8/h1-6H,13H2. The Labute approximate surface area is 90.2 Å². The van der Waals surface area contributed by atoms with Gasteiger partial charge in [0.25, 0.3) is 0 Å². The molecular formula is C11H8FNOS. The molecule has 0 unspecified atom stereocenters. The van der Waals surface area contributed by atoms with Gasteiger partial charge >= 0.3 is 0 Å². The van der Waals surface area contributed by atoms with Crippen LogP contribution in [0.5, 0.6) is 0 Å². The summed E-state index contributed by atoms with van der Waals surface area (Å²) in [6, 6.07) is 6.28. The van der Waals surface area contributed by atoms with Crippen LogP contribution >= 0.6 is 11.3 Å². The molecule has 4 heteroatoms. The van der Waals surface area contributed by atoms with Gasteiger partial charge in [-0.3, -0.25) is 4.79 Å². The molecule has 0 bridgehead atoms. The summed E-state index contributed by atoms with van der Waals surface area (Å²) in [5.41, 5.74) is 7.27. The Bertz CT molecular complexity index is 507. The number of hydrogen-bond donors (Lipinski definition) is 1. The van der Waals surface area contributed by atoms with Gasteiger partial charge < -0.3 is 5.73 Å². The number of benzene rings is 1. The lowest BCUT2D eigenvalue weighted by molar-refractivity contribution is 0.112. The first-order valence-corrected chi connectivity index (χ1v) is 5.18. The monoisotopic (exact) mass is 221 g/mol. The van der Waals surface area contributed by atoms with E-state index in [1.165, 1.54) is 17.4 Å². The second-order valence-electron chi connectivity index (χ2n) is 3.09. The number of thiophene rings is 1. The molecule has 2 aromatic rings. The average molecular weight is 221 g/mol. The number of carbonyl (C=O) groups is 1. The maximum atomic E-state index is 12.9. The number of nitrogen functional groups attached to an aromatic ring is 1. The van der Waals surface area contributed by atoms with Crippen molar-refractivity contribution >= 4 is 23.3 Å². The maximum absolute atomic E-state index is 12.9. The van der Waals surface area contributed by atoms with Crippen LogP contribution in [0.2, 0.25) is 0 Å². The summed E-state index contributed by atoms with van der Waals surface area (Å²) >= 11 is 1.35. The maximum Gasteiger partial charge on any atom is 0.160 e. The van der Waals surface area contributed by atoms with E-state index in [9.17, 15) is 9.18 Å². The van der Waals surface area contributed by atoms with E-state index in [4.69, 9.17) is 5.73 Å². The minimum Gasteiger partial charge on any atom is -0.396 e. The molecule has 2 N–H and O–H groups in total. The number of aldehydes is 1. The molecule has 0 aliphatic carbocycles. The van der Waals surface area contributed by atoms with E-state index in [1.807, 2.05) is 5.38 Å². The molecule has 0 fully saturated rings. The molecule has 0 amide bonds. The molecule has 1 heterocycles. The molecule has 0 spiro atoms. The number of carbonyl (C=O) groups excluding carboxylic acids is 1. The first kappa shape index (κ1) is 9.86. The van der Waals surface area contributed by atoms with Crippen molar-refractivity contribution in [3.63, 3.8) is 0 Å². The van der Waals surface area contributed by atoms with Crippen molar-refractivity contribution in [1.29, 1.82) is 0 Å². The highest BCUT2D eigenvalue weighted by molar-refractivity contribution is 7.12. The van der Waals surface area contributed by atoms with Crippen LogP contribution in [0.4, 0.5) is 10.1 Å². The minimum absolute atomic E-state index is 0.117. The number of halogens is 1. The van der Waals surface area contributed by atoms with Gasteiger partial charge in [0.1, 0.15) is 5.82 Å². The summed E-state index contributed by atoms with van der Waals surface area (Å²) in [4.78, 5) is 11.1. The molecule has 0 saturated heterocycles. The van der Waals surface area contributed by atoms with Gasteiger partial charge in [-0.15, -0.1) is 11.3 Å². The summed E-state index contributed by atoms with van der Waals surface area (Å²) in [5.74, 6) is -0.426. The van der Waals surface area contributed by atoms with Gasteiger partial charge in [-0.2, -0.15) is 0 Å². The van der Waals surface area contributed by atoms with Crippen LogP contribution in [-0.2, 0) is 0 Å². The Balaban J connectivity index is 2.44. The molecule has 0 radical (unpaired) electrons. The third-order valence-electron chi connectivity index (χ3n) is 2.07. The van der Waals surface area contributed by atoms with Crippen LogP contribution in [0.1, 0.15) is 9.67 Å². The summed E-state index contributed by atoms with van der Waals surface area (Å²) < 4.78 is 12.9. The van der Waals surface area contributed by atoms with Crippen LogP contribution in [0.25, 0.3) is 11.1 Å². The van der Waals surface area contributed by atoms with Crippen LogP contribution < -0.4 is 5.73 Å². The predicted molar refractivity (Wildman–Crippen MR) is 59.5 cm³/mol. The van der Waals surface area contributed by atoms with E-state index in [0.717, 1.165) is 17.4 Å². The van der Waals surface area contributed by atoms with E-state index >= 15 is 0 Å². The molecule has 76 valence electrons. The summed E-state index contributed by atoms with van der Waals surface area (Å²) in [6.45, 7) is 0. The summed E-state index contributed by atoms with van der Waals surface area (Å²) in [5, 5.41) is 1.84. The smallest absolute Gasteiger partial charge is 0.160 e. The van der Waals surface area contributed by atoms with Crippen molar-refractivity contribution in [3.8, 4) is 11.1 Å². The van der Waals surface area contributed by atoms with Gasteiger partial charge in [0.2, 0.25) is 0 Å². The van der Waals surface area contributed by atoms with Gasteiger partial charge in [-0.05, 0) is 34.7 Å². The Morgan fingerprint density at radius 1 is 1.27 bits per heavy atom. The first-order chi connectivity index (χ1) is 7.20. The lowest BCUT2D eigenvalue weighted by Gasteiger charge is -2.00. The zero-order valence-electron chi connectivity index (χ0n) is 7.74. The van der Waals surface area contributed by atoms with Crippen LogP contribution in [0.15, 0.2) is 29.6 Å². The highest BCUT2D eigenvalue weighted by Gasteiger charge is 2.04. The van der Waals surface area contributed by atoms with Crippen molar-refractivity contribution in [2.75, 3.05) is 5.73 Å². The summed E-state index contributed by atoms with van der Waals surface area (Å²) in [6.07, 6.45) is 0.793. The Morgan fingerprint density at radius 3 is 2.67 bits per heavy atom. The Kier molecular flexibility index (Phi) is 2.51. The molecule has 1 aromatic carbocycles. The minimum atomic E-state index is -0.426. The van der Waals surface area contributed by atoms with Crippen molar-refractivity contribution in [1.82, 2.24) is 0 Å². The normalized spacial score (nSPS) is 10.2. The van der Waals surface area contributed by atoms with Crippen LogP contribution in [0, 0.1) is 5.82 Å². The van der Waals surface area contributed by atoms with Gasteiger partial charge in [-0.25, -0.2) is 4.39 Å². The zero-order valence-corrected chi connectivity index (χ0v) is 8.55. The van der Waals surface area contributed by atoms with E-state index in [1.54, 1.807) is 18.2 Å². The third kappa shape index (κ3) is 1.89. The van der Waals surface area contributed by atoms with Gasteiger partial charge in [0, 0.05) is 0 Å². The van der Waals surface area contributed by atoms with Gasteiger partial charge in [0.15, 0.2) is 6.29 Å². The number of nitrogens with two attached hydrogens (primary N) is 1. The second-order valence-corrected chi connectivity index (χ2v) is 4.03. The third-order valence-corrected chi connectivity index (χ3v) is 2.92. The molecule has 15 heavy (non-hydrogen) atoms. The largest absolute Gasteiger partial charge is 0.396 e. The second kappa shape index (κ2) is 3.82. The molecule has 0 saturated carbocycles. The Morgan fingerprint density at radius 2 is 2.07 bits per heavy atom. The fraction of sp³-hybridized carbons (Fsp3) is 0. The predicted octanol–water partition coefficient (Wildman–Crippen LogP) is 2.95. The topological polar surface area (TPSA) is 43.1 Å². The average Bonchev–Trinajstić information content (AvgIpc) is 2.70. The van der Waals surface area contributed by atoms with Crippen molar-refractivity contribution < 1.29 is 9.18 Å². The van der Waals surface area contributed by atoms with Crippen molar-refractivity contribution in [2.45, 2.75) is 0 Å². The highest BCUT2D eigenvalue weighted by atomic mass is 32.1. The lowest BCUT2D eigenvalue weighted by atomic mass is 10.1. The van der Waals surface area contributed by atoms with E-state index in [-0.39, 0.29) is 5.69 Å². The molecular weight excluding hydrogens is 213 g/mol. The molecule has 0 aliphatic heterocycles. The molecule has 2 nitrogen and oxygen atoms in total. The molecule has 2 rings (SSSR count). The van der Waals surface area contributed by atoms with E-state index in [2.05, 4.69) is 0 Å². The van der Waals surface area contributed by atoms with E-state index in [0.29, 0.717) is 4.88 Å². The number of anilines is 1. The summed E-state index contributed by atoms with van der Waals surface area (Å²) in [7, 11) is 0. The van der Waals surface area contributed by atoms with Gasteiger partial charge in [-0.1, -0.05) is 6.07 Å². The van der Waals surface area contributed by atoms with Gasteiger partial charge in [0.05, 0.1) is 10.6 Å². The first-order valence-electron chi connectivity index (χ1n) is 4.30.